The number of aromatic nitrogens is 2. The highest BCUT2D eigenvalue weighted by molar-refractivity contribution is 6.22. The molecule has 0 radical (unpaired) electrons. The molecule has 1 aliphatic rings. The summed E-state index contributed by atoms with van der Waals surface area (Å²) in [5.74, 6) is -0.136. The van der Waals surface area contributed by atoms with Gasteiger partial charge in [-0.2, -0.15) is 0 Å². The van der Waals surface area contributed by atoms with Crippen LogP contribution in [0.25, 0.3) is 16.5 Å². The van der Waals surface area contributed by atoms with Gasteiger partial charge in [-0.05, 0) is 29.8 Å². The monoisotopic (exact) mass is 350 g/mol. The highest BCUT2D eigenvalue weighted by Gasteiger charge is 2.30. The first-order valence-electron chi connectivity index (χ1n) is 8.03. The lowest BCUT2D eigenvalue weighted by atomic mass is 10.2. The number of nitrogens with zero attached hydrogens (tertiary/aromatic N) is 2. The minimum Gasteiger partial charge on any atom is -0.510 e. The second-order valence-electron chi connectivity index (χ2n) is 6.08. The summed E-state index contributed by atoms with van der Waals surface area (Å²) in [6.45, 7) is 0.465. The largest absolute Gasteiger partial charge is 0.510 e. The van der Waals surface area contributed by atoms with Crippen LogP contribution in [0.1, 0.15) is 11.4 Å². The lowest BCUT2D eigenvalue weighted by molar-refractivity contribution is 0.347. The van der Waals surface area contributed by atoms with Gasteiger partial charge in [0.25, 0.3) is 5.56 Å². The molecule has 2 heterocycles. The number of halogens is 1. The summed E-state index contributed by atoms with van der Waals surface area (Å²) in [5, 5.41) is 19.2. The van der Waals surface area contributed by atoms with Gasteiger partial charge in [-0.3, -0.25) is 10.2 Å². The number of para-hydroxylation sites is 1. The molecule has 3 aromatic rings. The van der Waals surface area contributed by atoms with Crippen molar-refractivity contribution in [2.45, 2.75) is 6.54 Å². The van der Waals surface area contributed by atoms with E-state index in [4.69, 9.17) is 5.41 Å². The molecule has 0 bridgehead atoms. The summed E-state index contributed by atoms with van der Waals surface area (Å²) in [6.07, 6.45) is 0. The number of rotatable bonds is 3. The molecule has 0 amide bonds. The molecule has 0 saturated heterocycles. The number of hydrogen-bond acceptors (Lipinski definition) is 4. The third-order valence-corrected chi connectivity index (χ3v) is 4.32. The molecule has 6 nitrogen and oxygen atoms in total. The number of aliphatic hydroxyl groups is 1. The standard InChI is InChI=1S/C19H15FN4O2/c20-12-7-5-11(6-8-12)9-24-10-15(25)16(17(24)21)18-22-14-4-2-1-3-13(14)19(26)23-18/h1-8,21,25H,9-10H2,(H,22,23,26). The fourth-order valence-electron chi connectivity index (χ4n) is 3.03. The smallest absolute Gasteiger partial charge is 0.259 e. The van der Waals surface area contributed by atoms with Crippen LogP contribution in [0.15, 0.2) is 59.1 Å². The molecule has 0 fully saturated rings. The average molecular weight is 350 g/mol. The van der Waals surface area contributed by atoms with Crippen LogP contribution in [0.3, 0.4) is 0 Å². The van der Waals surface area contributed by atoms with Gasteiger partial charge in [0.15, 0.2) is 0 Å². The molecule has 4 rings (SSSR count). The number of amidine groups is 1. The normalized spacial score (nSPS) is 14.5. The fourth-order valence-corrected chi connectivity index (χ4v) is 3.03. The molecule has 3 N–H and O–H groups in total. The maximum Gasteiger partial charge on any atom is 0.259 e. The Morgan fingerprint density at radius 2 is 1.92 bits per heavy atom. The van der Waals surface area contributed by atoms with Crippen LogP contribution in [0.2, 0.25) is 0 Å². The summed E-state index contributed by atoms with van der Waals surface area (Å²) in [5.41, 5.74) is 1.19. The van der Waals surface area contributed by atoms with Crippen molar-refractivity contribution in [2.24, 2.45) is 0 Å². The van der Waals surface area contributed by atoms with Crippen molar-refractivity contribution in [2.75, 3.05) is 6.54 Å². The van der Waals surface area contributed by atoms with Gasteiger partial charge in [0.1, 0.15) is 23.2 Å². The van der Waals surface area contributed by atoms with Crippen molar-refractivity contribution in [3.05, 3.63) is 81.8 Å². The summed E-state index contributed by atoms with van der Waals surface area (Å²) >= 11 is 0. The van der Waals surface area contributed by atoms with Crippen molar-refractivity contribution in [3.8, 4) is 0 Å². The molecular weight excluding hydrogens is 335 g/mol. The number of fused-ring (bicyclic) bond motifs is 1. The van der Waals surface area contributed by atoms with E-state index >= 15 is 0 Å². The Labute approximate surface area is 147 Å². The molecule has 130 valence electrons. The van der Waals surface area contributed by atoms with Crippen molar-refractivity contribution in [1.82, 2.24) is 14.9 Å². The first-order valence-corrected chi connectivity index (χ1v) is 8.03. The van der Waals surface area contributed by atoms with E-state index in [0.717, 1.165) is 5.56 Å². The third kappa shape index (κ3) is 2.73. The van der Waals surface area contributed by atoms with Gasteiger partial charge in [0.05, 0.1) is 23.0 Å². The van der Waals surface area contributed by atoms with Gasteiger partial charge in [0, 0.05) is 6.54 Å². The van der Waals surface area contributed by atoms with E-state index in [1.807, 2.05) is 0 Å². The Balaban J connectivity index is 1.67. The average Bonchev–Trinajstić information content (AvgIpc) is 2.90. The van der Waals surface area contributed by atoms with E-state index in [2.05, 4.69) is 9.97 Å². The van der Waals surface area contributed by atoms with Crippen molar-refractivity contribution in [3.63, 3.8) is 0 Å². The van der Waals surface area contributed by atoms with Gasteiger partial charge in [-0.15, -0.1) is 0 Å². The number of benzene rings is 2. The molecule has 0 saturated carbocycles. The van der Waals surface area contributed by atoms with Crippen LogP contribution in [-0.4, -0.2) is 32.4 Å². The third-order valence-electron chi connectivity index (χ3n) is 4.32. The molecule has 0 unspecified atom stereocenters. The van der Waals surface area contributed by atoms with Crippen LogP contribution in [-0.2, 0) is 6.54 Å². The molecular formula is C19H15FN4O2. The lowest BCUT2D eigenvalue weighted by Crippen LogP contribution is -2.26. The summed E-state index contributed by atoms with van der Waals surface area (Å²) in [6, 6.07) is 12.9. The second-order valence-corrected chi connectivity index (χ2v) is 6.08. The highest BCUT2D eigenvalue weighted by Crippen LogP contribution is 2.26. The van der Waals surface area contributed by atoms with Gasteiger partial charge in [-0.1, -0.05) is 24.3 Å². The van der Waals surface area contributed by atoms with E-state index < -0.39 is 0 Å². The summed E-state index contributed by atoms with van der Waals surface area (Å²) in [7, 11) is 0. The quantitative estimate of drug-likeness (QED) is 0.677. The Morgan fingerprint density at radius 3 is 2.69 bits per heavy atom. The van der Waals surface area contributed by atoms with E-state index in [9.17, 15) is 14.3 Å². The molecule has 7 heteroatoms. The molecule has 1 aliphatic heterocycles. The molecule has 0 aliphatic carbocycles. The molecule has 0 atom stereocenters. The summed E-state index contributed by atoms with van der Waals surface area (Å²) < 4.78 is 13.0. The minimum absolute atomic E-state index is 0.0319. The van der Waals surface area contributed by atoms with Crippen LogP contribution >= 0.6 is 0 Å². The Hall–Kier alpha value is -3.48. The van der Waals surface area contributed by atoms with Gasteiger partial charge in [-0.25, -0.2) is 9.37 Å². The molecule has 2 aromatic carbocycles. The van der Waals surface area contributed by atoms with Crippen molar-refractivity contribution in [1.29, 1.82) is 5.41 Å². The molecule has 26 heavy (non-hydrogen) atoms. The summed E-state index contributed by atoms with van der Waals surface area (Å²) in [4.78, 5) is 20.9. The van der Waals surface area contributed by atoms with E-state index in [0.29, 0.717) is 17.4 Å². The first-order chi connectivity index (χ1) is 12.5. The predicted octanol–water partition coefficient (Wildman–Crippen LogP) is 2.82. The van der Waals surface area contributed by atoms with Crippen LogP contribution < -0.4 is 5.56 Å². The highest BCUT2D eigenvalue weighted by atomic mass is 19.1. The lowest BCUT2D eigenvalue weighted by Gasteiger charge is -2.18. The molecule has 0 spiro atoms. The SMILES string of the molecule is N=C1C(c2nc3ccccc3c(=O)[nH]2)=C(O)CN1Cc1ccc(F)cc1. The van der Waals surface area contributed by atoms with Crippen molar-refractivity contribution >= 4 is 22.3 Å². The number of aliphatic hydroxyl groups excluding tert-OH is 1. The fraction of sp³-hybridized carbons (Fsp3) is 0.105. The first kappa shape index (κ1) is 16.0. The zero-order valence-corrected chi connectivity index (χ0v) is 13.7. The maximum absolute atomic E-state index is 13.0. The van der Waals surface area contributed by atoms with E-state index in [1.54, 1.807) is 41.3 Å². The van der Waals surface area contributed by atoms with Crippen LogP contribution in [0.5, 0.6) is 0 Å². The van der Waals surface area contributed by atoms with Crippen LogP contribution in [0, 0.1) is 11.2 Å². The predicted molar refractivity (Wildman–Crippen MR) is 96.4 cm³/mol. The zero-order valence-electron chi connectivity index (χ0n) is 13.7. The van der Waals surface area contributed by atoms with E-state index in [-0.39, 0.29) is 40.9 Å². The maximum atomic E-state index is 13.0. The number of aromatic amines is 1. The minimum atomic E-state index is -0.329. The van der Waals surface area contributed by atoms with Crippen molar-refractivity contribution < 1.29 is 9.50 Å². The number of hydrogen-bond donors (Lipinski definition) is 3. The van der Waals surface area contributed by atoms with E-state index in [1.165, 1.54) is 12.1 Å². The molecule has 1 aromatic heterocycles. The number of H-pyrrole nitrogens is 1. The van der Waals surface area contributed by atoms with Gasteiger partial charge < -0.3 is 15.0 Å². The Bertz CT molecular complexity index is 1100. The van der Waals surface area contributed by atoms with Gasteiger partial charge >= 0.3 is 0 Å². The second kappa shape index (κ2) is 6.11. The van der Waals surface area contributed by atoms with Gasteiger partial charge in [0.2, 0.25) is 0 Å². The zero-order chi connectivity index (χ0) is 18.3. The Kier molecular flexibility index (Phi) is 3.76. The Morgan fingerprint density at radius 1 is 1.19 bits per heavy atom. The topological polar surface area (TPSA) is 93.1 Å². The number of nitrogens with one attached hydrogen (secondary N) is 2. The van der Waals surface area contributed by atoms with Crippen LogP contribution in [0.4, 0.5) is 4.39 Å².